The van der Waals surface area contributed by atoms with E-state index in [-0.39, 0.29) is 23.1 Å². The van der Waals surface area contributed by atoms with Gasteiger partial charge in [-0.15, -0.1) is 0 Å². The highest BCUT2D eigenvalue weighted by Crippen LogP contribution is 2.48. The van der Waals surface area contributed by atoms with Crippen LogP contribution in [0.1, 0.15) is 56.9 Å². The summed E-state index contributed by atoms with van der Waals surface area (Å²) in [6, 6.07) is 5.86. The van der Waals surface area contributed by atoms with Crippen LogP contribution < -0.4 is 10.6 Å². The first-order valence-corrected chi connectivity index (χ1v) is 8.46. The number of nitrogens with one attached hydrogen (secondary N) is 2. The van der Waals surface area contributed by atoms with Gasteiger partial charge in [0, 0.05) is 17.3 Å². The minimum absolute atomic E-state index is 0.126. The number of hydrogen-bond acceptors (Lipinski definition) is 2. The van der Waals surface area contributed by atoms with Crippen LogP contribution in [0, 0.1) is 5.92 Å². The Balaban J connectivity index is 1.62. The maximum atomic E-state index is 12.5. The lowest BCUT2D eigenvalue weighted by Gasteiger charge is -2.31. The molecule has 0 saturated heterocycles. The summed E-state index contributed by atoms with van der Waals surface area (Å²) in [5.74, 6) is 0.447. The molecule has 1 heterocycles. The molecule has 4 rings (SSSR count). The number of carbonyl (C=O) groups is 2. The number of rotatable bonds is 2. The number of hydrogen-bond donors (Lipinski definition) is 2. The zero-order valence-corrected chi connectivity index (χ0v) is 12.8. The minimum atomic E-state index is -0.356. The number of benzene rings is 1. The summed E-state index contributed by atoms with van der Waals surface area (Å²) in [7, 11) is 0. The second-order valence-corrected chi connectivity index (χ2v) is 6.97. The van der Waals surface area contributed by atoms with Crippen molar-refractivity contribution in [3.63, 3.8) is 0 Å². The van der Waals surface area contributed by atoms with Crippen LogP contribution in [0.3, 0.4) is 0 Å². The molecule has 2 fully saturated rings. The van der Waals surface area contributed by atoms with E-state index in [4.69, 9.17) is 0 Å². The molecule has 1 aromatic rings. The van der Waals surface area contributed by atoms with Crippen LogP contribution in [0.4, 0.5) is 11.4 Å². The molecular formula is C18H22N2O2. The molecule has 4 heteroatoms. The van der Waals surface area contributed by atoms with Gasteiger partial charge in [0.25, 0.3) is 0 Å². The summed E-state index contributed by atoms with van der Waals surface area (Å²) in [4.78, 5) is 24.6. The second-order valence-electron chi connectivity index (χ2n) is 6.97. The summed E-state index contributed by atoms with van der Waals surface area (Å²) in [6.07, 6.45) is 8.42. The molecule has 1 aromatic carbocycles. The molecule has 3 aliphatic rings. The molecule has 22 heavy (non-hydrogen) atoms. The fourth-order valence-electron chi connectivity index (χ4n) is 4.06. The quantitative estimate of drug-likeness (QED) is 0.876. The highest BCUT2D eigenvalue weighted by Gasteiger charge is 2.47. The van der Waals surface area contributed by atoms with Gasteiger partial charge < -0.3 is 10.6 Å². The van der Waals surface area contributed by atoms with Crippen molar-refractivity contribution in [3.8, 4) is 0 Å². The summed E-state index contributed by atoms with van der Waals surface area (Å²) < 4.78 is 0. The summed E-state index contributed by atoms with van der Waals surface area (Å²) in [5, 5.41) is 6.06. The van der Waals surface area contributed by atoms with E-state index in [1.54, 1.807) is 0 Å². The van der Waals surface area contributed by atoms with E-state index in [9.17, 15) is 9.59 Å². The molecule has 1 aliphatic heterocycles. The van der Waals surface area contributed by atoms with Crippen LogP contribution >= 0.6 is 0 Å². The Morgan fingerprint density at radius 2 is 1.91 bits per heavy atom. The Bertz CT molecular complexity index is 628. The van der Waals surface area contributed by atoms with Gasteiger partial charge in [-0.25, -0.2) is 0 Å². The molecule has 4 nitrogen and oxygen atoms in total. The van der Waals surface area contributed by atoms with E-state index in [0.717, 1.165) is 61.9 Å². The van der Waals surface area contributed by atoms with Gasteiger partial charge in [0.05, 0.1) is 5.41 Å². The van der Waals surface area contributed by atoms with Crippen molar-refractivity contribution < 1.29 is 9.59 Å². The molecule has 2 N–H and O–H groups in total. The van der Waals surface area contributed by atoms with Crippen molar-refractivity contribution in [2.45, 2.75) is 56.8 Å². The van der Waals surface area contributed by atoms with Crippen molar-refractivity contribution >= 4 is 23.2 Å². The molecular weight excluding hydrogens is 276 g/mol. The Morgan fingerprint density at radius 1 is 1.14 bits per heavy atom. The van der Waals surface area contributed by atoms with E-state index in [1.807, 2.05) is 18.2 Å². The molecule has 2 saturated carbocycles. The molecule has 1 spiro atoms. The highest BCUT2D eigenvalue weighted by atomic mass is 16.2. The van der Waals surface area contributed by atoms with E-state index >= 15 is 0 Å². The summed E-state index contributed by atoms with van der Waals surface area (Å²) in [6.45, 7) is 0. The van der Waals surface area contributed by atoms with Crippen molar-refractivity contribution in [1.29, 1.82) is 0 Å². The molecule has 0 radical (unpaired) electrons. The van der Waals surface area contributed by atoms with Crippen LogP contribution in [-0.4, -0.2) is 11.8 Å². The third kappa shape index (κ3) is 2.04. The lowest BCUT2D eigenvalue weighted by molar-refractivity contribution is -0.122. The van der Waals surface area contributed by atoms with E-state index in [1.165, 1.54) is 6.42 Å². The Morgan fingerprint density at radius 3 is 2.59 bits per heavy atom. The summed E-state index contributed by atoms with van der Waals surface area (Å²) >= 11 is 0. The predicted octanol–water partition coefficient (Wildman–Crippen LogP) is 3.58. The first-order chi connectivity index (χ1) is 10.7. The van der Waals surface area contributed by atoms with E-state index < -0.39 is 0 Å². The second kappa shape index (κ2) is 5.11. The van der Waals surface area contributed by atoms with Crippen molar-refractivity contribution in [1.82, 2.24) is 0 Å². The average Bonchev–Trinajstić information content (AvgIpc) is 2.71. The number of anilines is 2. The fraction of sp³-hybridized carbons (Fsp3) is 0.556. The van der Waals surface area contributed by atoms with Gasteiger partial charge >= 0.3 is 0 Å². The highest BCUT2D eigenvalue weighted by molar-refractivity contribution is 6.07. The van der Waals surface area contributed by atoms with Crippen LogP contribution in [0.2, 0.25) is 0 Å². The normalized spacial score (nSPS) is 22.8. The number of amides is 2. The summed E-state index contributed by atoms with van der Waals surface area (Å²) in [5.41, 5.74) is 2.49. The number of fused-ring (bicyclic) bond motifs is 2. The molecule has 0 bridgehead atoms. The maximum absolute atomic E-state index is 12.5. The molecule has 2 aliphatic carbocycles. The topological polar surface area (TPSA) is 58.2 Å². The van der Waals surface area contributed by atoms with Gasteiger partial charge in [0.15, 0.2) is 0 Å². The minimum Gasteiger partial charge on any atom is -0.326 e. The van der Waals surface area contributed by atoms with Gasteiger partial charge in [0.1, 0.15) is 0 Å². The Kier molecular flexibility index (Phi) is 3.21. The van der Waals surface area contributed by atoms with Crippen LogP contribution in [0.5, 0.6) is 0 Å². The fourth-order valence-corrected chi connectivity index (χ4v) is 4.06. The van der Waals surface area contributed by atoms with Crippen molar-refractivity contribution in [3.05, 3.63) is 23.8 Å². The predicted molar refractivity (Wildman–Crippen MR) is 85.8 cm³/mol. The third-order valence-corrected chi connectivity index (χ3v) is 5.67. The zero-order chi connectivity index (χ0) is 15.2. The SMILES string of the molecule is O=C(Nc1ccc2c(c1)C1(CCCCC1)C(=O)N2)C1CCC1. The van der Waals surface area contributed by atoms with Gasteiger partial charge in [0.2, 0.25) is 11.8 Å². The molecule has 0 atom stereocenters. The van der Waals surface area contributed by atoms with Crippen LogP contribution in [-0.2, 0) is 15.0 Å². The van der Waals surface area contributed by atoms with Gasteiger partial charge in [-0.1, -0.05) is 25.7 Å². The van der Waals surface area contributed by atoms with Crippen molar-refractivity contribution in [2.75, 3.05) is 10.6 Å². The molecule has 116 valence electrons. The van der Waals surface area contributed by atoms with Crippen molar-refractivity contribution in [2.24, 2.45) is 5.92 Å². The van der Waals surface area contributed by atoms with Crippen LogP contribution in [0.15, 0.2) is 18.2 Å². The smallest absolute Gasteiger partial charge is 0.235 e. The first kappa shape index (κ1) is 13.8. The van der Waals surface area contributed by atoms with E-state index in [2.05, 4.69) is 10.6 Å². The first-order valence-electron chi connectivity index (χ1n) is 8.46. The van der Waals surface area contributed by atoms with Gasteiger partial charge in [-0.05, 0) is 49.4 Å². The lowest BCUT2D eigenvalue weighted by atomic mass is 9.70. The lowest BCUT2D eigenvalue weighted by Crippen LogP contribution is -2.36. The maximum Gasteiger partial charge on any atom is 0.235 e. The monoisotopic (exact) mass is 298 g/mol. The van der Waals surface area contributed by atoms with E-state index in [0.29, 0.717) is 0 Å². The van der Waals surface area contributed by atoms with Gasteiger partial charge in [-0.3, -0.25) is 9.59 Å². The molecule has 2 amide bonds. The Hall–Kier alpha value is -1.84. The molecule has 0 unspecified atom stereocenters. The third-order valence-electron chi connectivity index (χ3n) is 5.67. The standard InChI is InChI=1S/C18H22N2O2/c21-16(12-5-4-6-12)19-13-7-8-15-14(11-13)18(17(22)20-15)9-2-1-3-10-18/h7-8,11-12H,1-6,9-10H2,(H,19,21)(H,20,22). The Labute approximate surface area is 130 Å². The molecule has 0 aromatic heterocycles. The largest absolute Gasteiger partial charge is 0.326 e. The average molecular weight is 298 g/mol. The van der Waals surface area contributed by atoms with Gasteiger partial charge in [-0.2, -0.15) is 0 Å². The zero-order valence-electron chi connectivity index (χ0n) is 12.8. The van der Waals surface area contributed by atoms with Crippen LogP contribution in [0.25, 0.3) is 0 Å². The number of carbonyl (C=O) groups excluding carboxylic acids is 2.